The second-order valence-electron chi connectivity index (χ2n) is 8.20. The van der Waals surface area contributed by atoms with Gasteiger partial charge >= 0.3 is 5.97 Å². The highest BCUT2D eigenvalue weighted by atomic mass is 16.5. The number of hydrogen-bond donors (Lipinski definition) is 0. The fourth-order valence-electron chi connectivity index (χ4n) is 4.50. The van der Waals surface area contributed by atoms with E-state index in [1.165, 1.54) is 11.1 Å². The van der Waals surface area contributed by atoms with Crippen molar-refractivity contribution in [2.75, 3.05) is 0 Å². The van der Waals surface area contributed by atoms with Crippen molar-refractivity contribution in [1.82, 2.24) is 0 Å². The molecule has 2 nitrogen and oxygen atoms in total. The van der Waals surface area contributed by atoms with Gasteiger partial charge in [0.1, 0.15) is 5.75 Å². The monoisotopic (exact) mass is 392 g/mol. The van der Waals surface area contributed by atoms with Gasteiger partial charge in [0, 0.05) is 0 Å². The van der Waals surface area contributed by atoms with Crippen molar-refractivity contribution in [1.29, 1.82) is 0 Å². The van der Waals surface area contributed by atoms with Crippen LogP contribution in [0.25, 0.3) is 23.3 Å². The quantitative estimate of drug-likeness (QED) is 0.210. The molecule has 1 fully saturated rings. The van der Waals surface area contributed by atoms with Gasteiger partial charge in [-0.1, -0.05) is 91.0 Å². The normalized spacial score (nSPS) is 21.9. The molecule has 2 bridgehead atoms. The summed E-state index contributed by atoms with van der Waals surface area (Å²) < 4.78 is 5.63. The van der Waals surface area contributed by atoms with Gasteiger partial charge in [0.05, 0.1) is 5.92 Å². The number of carbonyl (C=O) groups excluding carboxylic acids is 1. The van der Waals surface area contributed by atoms with E-state index in [-0.39, 0.29) is 11.9 Å². The van der Waals surface area contributed by atoms with Gasteiger partial charge in [0.25, 0.3) is 0 Å². The van der Waals surface area contributed by atoms with Crippen LogP contribution in [0.4, 0.5) is 0 Å². The number of ether oxygens (including phenoxy) is 1. The van der Waals surface area contributed by atoms with Crippen LogP contribution in [0.5, 0.6) is 5.75 Å². The predicted molar refractivity (Wildman–Crippen MR) is 122 cm³/mol. The molecule has 2 aliphatic rings. The molecule has 148 valence electrons. The summed E-state index contributed by atoms with van der Waals surface area (Å²) >= 11 is 0. The van der Waals surface area contributed by atoms with Crippen LogP contribution in [-0.2, 0) is 4.79 Å². The van der Waals surface area contributed by atoms with Crippen LogP contribution in [0, 0.1) is 17.8 Å². The number of esters is 1. The highest BCUT2D eigenvalue weighted by Crippen LogP contribution is 2.44. The lowest BCUT2D eigenvalue weighted by Crippen LogP contribution is -2.23. The van der Waals surface area contributed by atoms with Gasteiger partial charge in [-0.15, -0.1) is 0 Å². The van der Waals surface area contributed by atoms with E-state index in [2.05, 4.69) is 72.8 Å². The summed E-state index contributed by atoms with van der Waals surface area (Å²) in [5, 5.41) is 0. The molecule has 0 aromatic heterocycles. The first-order valence-electron chi connectivity index (χ1n) is 10.6. The lowest BCUT2D eigenvalue weighted by Gasteiger charge is -2.16. The second-order valence-corrected chi connectivity index (χ2v) is 8.20. The minimum atomic E-state index is -0.0892. The third-order valence-corrected chi connectivity index (χ3v) is 6.17. The number of hydrogen-bond acceptors (Lipinski definition) is 2. The fourth-order valence-corrected chi connectivity index (χ4v) is 4.50. The molecule has 0 saturated heterocycles. The van der Waals surface area contributed by atoms with E-state index in [0.29, 0.717) is 17.6 Å². The SMILES string of the molecule is O=C(Oc1ccc(C=Cc2ccc(-c3ccccc3)cc2)cc1)C1CC2C=CC1C2. The Morgan fingerprint density at radius 3 is 1.97 bits per heavy atom. The Labute approximate surface area is 177 Å². The van der Waals surface area contributed by atoms with Crippen molar-refractivity contribution in [2.45, 2.75) is 12.8 Å². The van der Waals surface area contributed by atoms with Gasteiger partial charge in [-0.05, 0) is 59.1 Å². The molecular formula is C28H24O2. The summed E-state index contributed by atoms with van der Waals surface area (Å²) in [5.74, 6) is 1.50. The van der Waals surface area contributed by atoms with Crippen molar-refractivity contribution in [2.24, 2.45) is 17.8 Å². The summed E-state index contributed by atoms with van der Waals surface area (Å²) in [5.41, 5.74) is 4.66. The van der Waals surface area contributed by atoms with Crippen molar-refractivity contribution in [3.63, 3.8) is 0 Å². The standard InChI is InChI=1S/C28H24O2/c29-28(27-19-22-10-15-25(27)18-22)30-26-16-11-21(12-17-26)7-6-20-8-13-24(14-9-20)23-4-2-1-3-5-23/h1-17,22,25,27H,18-19H2. The van der Waals surface area contributed by atoms with Crippen LogP contribution in [0.1, 0.15) is 24.0 Å². The zero-order valence-corrected chi connectivity index (χ0v) is 16.8. The van der Waals surface area contributed by atoms with Crippen molar-refractivity contribution < 1.29 is 9.53 Å². The summed E-state index contributed by atoms with van der Waals surface area (Å²) in [6, 6.07) is 26.6. The van der Waals surface area contributed by atoms with Crippen LogP contribution in [-0.4, -0.2) is 5.97 Å². The maximum Gasteiger partial charge on any atom is 0.314 e. The highest BCUT2D eigenvalue weighted by molar-refractivity contribution is 5.77. The summed E-state index contributed by atoms with van der Waals surface area (Å²) in [6.07, 6.45) is 10.6. The third-order valence-electron chi connectivity index (χ3n) is 6.17. The van der Waals surface area contributed by atoms with E-state index in [4.69, 9.17) is 4.74 Å². The first-order chi connectivity index (χ1) is 14.7. The molecule has 3 atom stereocenters. The average Bonchev–Trinajstić information content (AvgIpc) is 3.44. The minimum Gasteiger partial charge on any atom is -0.426 e. The van der Waals surface area contributed by atoms with Gasteiger partial charge in [-0.3, -0.25) is 4.79 Å². The van der Waals surface area contributed by atoms with Crippen LogP contribution < -0.4 is 4.74 Å². The Balaban J connectivity index is 1.20. The molecule has 3 unspecified atom stereocenters. The van der Waals surface area contributed by atoms with Gasteiger partial charge in [-0.2, -0.15) is 0 Å². The largest absolute Gasteiger partial charge is 0.426 e. The zero-order valence-electron chi connectivity index (χ0n) is 16.8. The van der Waals surface area contributed by atoms with Gasteiger partial charge in [0.2, 0.25) is 0 Å². The number of allylic oxidation sites excluding steroid dienone is 2. The molecule has 1 saturated carbocycles. The van der Waals surface area contributed by atoms with Crippen LogP contribution in [0.3, 0.4) is 0 Å². The molecule has 0 spiro atoms. The summed E-state index contributed by atoms with van der Waals surface area (Å²) in [7, 11) is 0. The first kappa shape index (κ1) is 18.6. The fraction of sp³-hybridized carbons (Fsp3) is 0.179. The maximum atomic E-state index is 12.5. The topological polar surface area (TPSA) is 26.3 Å². The number of carbonyl (C=O) groups is 1. The molecule has 0 aliphatic heterocycles. The molecule has 2 aliphatic carbocycles. The maximum absolute atomic E-state index is 12.5. The Morgan fingerprint density at radius 2 is 1.37 bits per heavy atom. The van der Waals surface area contributed by atoms with Crippen LogP contribution >= 0.6 is 0 Å². The molecule has 3 aromatic carbocycles. The molecule has 2 heteroatoms. The van der Waals surface area contributed by atoms with Gasteiger partial charge in [0.15, 0.2) is 0 Å². The van der Waals surface area contributed by atoms with Crippen LogP contribution in [0.2, 0.25) is 0 Å². The average molecular weight is 392 g/mol. The number of fused-ring (bicyclic) bond motifs is 2. The van der Waals surface area contributed by atoms with Crippen molar-refractivity contribution in [3.8, 4) is 16.9 Å². The van der Waals surface area contributed by atoms with Crippen LogP contribution in [0.15, 0.2) is 91.0 Å². The summed E-state index contributed by atoms with van der Waals surface area (Å²) in [6.45, 7) is 0. The molecule has 30 heavy (non-hydrogen) atoms. The molecule has 0 heterocycles. The van der Waals surface area contributed by atoms with E-state index >= 15 is 0 Å². The van der Waals surface area contributed by atoms with E-state index in [0.717, 1.165) is 24.0 Å². The Hall–Kier alpha value is -3.39. The Morgan fingerprint density at radius 1 is 0.733 bits per heavy atom. The van der Waals surface area contributed by atoms with Gasteiger partial charge in [-0.25, -0.2) is 0 Å². The molecule has 5 rings (SSSR count). The first-order valence-corrected chi connectivity index (χ1v) is 10.6. The van der Waals surface area contributed by atoms with Crippen molar-refractivity contribution in [3.05, 3.63) is 102 Å². The lowest BCUT2D eigenvalue weighted by molar-refractivity contribution is -0.139. The number of benzene rings is 3. The number of rotatable bonds is 5. The third kappa shape index (κ3) is 3.99. The van der Waals surface area contributed by atoms with E-state index < -0.39 is 0 Å². The lowest BCUT2D eigenvalue weighted by atomic mass is 9.94. The highest BCUT2D eigenvalue weighted by Gasteiger charge is 2.40. The van der Waals surface area contributed by atoms with Gasteiger partial charge < -0.3 is 4.74 Å². The smallest absolute Gasteiger partial charge is 0.314 e. The molecule has 0 N–H and O–H groups in total. The zero-order chi connectivity index (χ0) is 20.3. The van der Waals surface area contributed by atoms with E-state index in [9.17, 15) is 4.79 Å². The second kappa shape index (κ2) is 8.16. The predicted octanol–water partition coefficient (Wildman–Crippen LogP) is 6.64. The van der Waals surface area contributed by atoms with E-state index in [1.54, 1.807) is 0 Å². The molecule has 0 radical (unpaired) electrons. The Bertz CT molecular complexity index is 1080. The summed E-state index contributed by atoms with van der Waals surface area (Å²) in [4.78, 5) is 12.5. The Kier molecular flexibility index (Phi) is 5.06. The minimum absolute atomic E-state index is 0.0263. The van der Waals surface area contributed by atoms with E-state index in [1.807, 2.05) is 30.3 Å². The molecule has 0 amide bonds. The molecular weight excluding hydrogens is 368 g/mol. The molecule has 3 aromatic rings. The van der Waals surface area contributed by atoms with Crippen molar-refractivity contribution >= 4 is 18.1 Å².